The second kappa shape index (κ2) is 9.49. The smallest absolute Gasteiger partial charge is 0.334 e. The first-order chi connectivity index (χ1) is 17.5. The fraction of sp³-hybridized carbons (Fsp3) is 0.192. The van der Waals surface area contributed by atoms with Gasteiger partial charge in [0.2, 0.25) is 5.91 Å². The highest BCUT2D eigenvalue weighted by atomic mass is 16.5. The topological polar surface area (TPSA) is 125 Å². The van der Waals surface area contributed by atoms with Gasteiger partial charge < -0.3 is 15.4 Å². The summed E-state index contributed by atoms with van der Waals surface area (Å²) in [6.45, 7) is 4.63. The monoisotopic (exact) mass is 484 g/mol. The number of benzene rings is 2. The molecule has 5 rings (SSSR count). The maximum Gasteiger partial charge on any atom is 0.334 e. The summed E-state index contributed by atoms with van der Waals surface area (Å²) in [7, 11) is 0. The van der Waals surface area contributed by atoms with Gasteiger partial charge in [-0.3, -0.25) is 13.9 Å². The molecule has 2 aromatic carbocycles. The van der Waals surface area contributed by atoms with Gasteiger partial charge in [-0.1, -0.05) is 6.58 Å². The highest BCUT2D eigenvalue weighted by molar-refractivity contribution is 5.88. The summed E-state index contributed by atoms with van der Waals surface area (Å²) in [6.07, 6.45) is 4.41. The normalized spacial score (nSPS) is 15.6. The number of nitrogens with zero attached hydrogens (tertiary/aromatic N) is 5. The van der Waals surface area contributed by atoms with Crippen molar-refractivity contribution in [1.29, 1.82) is 0 Å². The van der Waals surface area contributed by atoms with E-state index >= 15 is 0 Å². The van der Waals surface area contributed by atoms with Gasteiger partial charge in [0.25, 0.3) is 0 Å². The quantitative estimate of drug-likeness (QED) is 0.321. The van der Waals surface area contributed by atoms with Gasteiger partial charge >= 0.3 is 5.69 Å². The standard InChI is InChI=1S/C26H24N6O4/c1-2-23(33)30-15-3-4-19(16-30)31-22-13-14-28-25(27)24(22)32(26(31)34)18-7-11-21(12-8-18)36-20-9-5-17(29-35)6-10-20/h2,5-14,19H,1,3-4,15-16H2,(H2,27,28). The number of amides is 1. The molecule has 1 aliphatic heterocycles. The molecule has 1 aliphatic rings. The number of fused-ring (bicyclic) bond motifs is 1. The molecule has 3 heterocycles. The molecule has 0 spiro atoms. The lowest BCUT2D eigenvalue weighted by Crippen LogP contribution is -2.42. The van der Waals surface area contributed by atoms with Crippen LogP contribution in [0.3, 0.4) is 0 Å². The van der Waals surface area contributed by atoms with E-state index in [1.807, 2.05) is 0 Å². The van der Waals surface area contributed by atoms with Crippen molar-refractivity contribution < 1.29 is 9.53 Å². The zero-order chi connectivity index (χ0) is 25.2. The SMILES string of the molecule is C=CC(=O)N1CCCC(n2c(=O)n(-c3ccc(Oc4ccc(N=O)cc4)cc3)c3c(N)nccc32)C1. The van der Waals surface area contributed by atoms with Gasteiger partial charge in [0, 0.05) is 19.3 Å². The summed E-state index contributed by atoms with van der Waals surface area (Å²) in [5.74, 6) is 1.19. The van der Waals surface area contributed by atoms with Gasteiger partial charge in [-0.15, -0.1) is 4.91 Å². The lowest BCUT2D eigenvalue weighted by Gasteiger charge is -2.32. The summed E-state index contributed by atoms with van der Waals surface area (Å²) in [6, 6.07) is 15.0. The molecule has 4 aromatic rings. The number of nitroso groups, excluding NO2 is 1. The Hall–Kier alpha value is -4.73. The van der Waals surface area contributed by atoms with Crippen LogP contribution in [0.25, 0.3) is 16.7 Å². The van der Waals surface area contributed by atoms with Gasteiger partial charge in [0.05, 0.1) is 17.2 Å². The second-order valence-electron chi connectivity index (χ2n) is 8.52. The first-order valence-electron chi connectivity index (χ1n) is 11.5. The van der Waals surface area contributed by atoms with E-state index in [2.05, 4.69) is 16.7 Å². The summed E-state index contributed by atoms with van der Waals surface area (Å²) in [5.41, 5.74) is 8.08. The number of aromatic nitrogens is 3. The lowest BCUT2D eigenvalue weighted by atomic mass is 10.1. The molecular formula is C26H24N6O4. The maximum atomic E-state index is 13.8. The fourth-order valence-electron chi connectivity index (χ4n) is 4.65. The number of carbonyl (C=O) groups is 1. The van der Waals surface area contributed by atoms with Gasteiger partial charge in [-0.05, 0) is 78.7 Å². The summed E-state index contributed by atoms with van der Waals surface area (Å²) < 4.78 is 9.09. The van der Waals surface area contributed by atoms with Gasteiger partial charge in [-0.2, -0.15) is 0 Å². The molecule has 1 saturated heterocycles. The van der Waals surface area contributed by atoms with Crippen molar-refractivity contribution >= 4 is 28.4 Å². The minimum atomic E-state index is -0.256. The van der Waals surface area contributed by atoms with E-state index in [1.54, 1.807) is 74.8 Å². The van der Waals surface area contributed by atoms with E-state index in [0.29, 0.717) is 47.0 Å². The lowest BCUT2D eigenvalue weighted by molar-refractivity contribution is -0.127. The molecule has 2 N–H and O–H groups in total. The van der Waals surface area contributed by atoms with Crippen LogP contribution in [-0.4, -0.2) is 38.0 Å². The number of likely N-dealkylation sites (tertiary alicyclic amines) is 1. The maximum absolute atomic E-state index is 13.8. The number of nitrogens with two attached hydrogens (primary N) is 1. The minimum Gasteiger partial charge on any atom is -0.457 e. The van der Waals surface area contributed by atoms with Crippen LogP contribution in [0.4, 0.5) is 11.5 Å². The van der Waals surface area contributed by atoms with Crippen molar-refractivity contribution in [2.75, 3.05) is 18.8 Å². The molecular weight excluding hydrogens is 460 g/mol. The number of pyridine rings is 1. The molecule has 10 heteroatoms. The Bertz CT molecular complexity index is 1500. The molecule has 182 valence electrons. The molecule has 1 amide bonds. The Morgan fingerprint density at radius 3 is 2.47 bits per heavy atom. The summed E-state index contributed by atoms with van der Waals surface area (Å²) >= 11 is 0. The number of imidazole rings is 1. The van der Waals surface area contributed by atoms with Crippen LogP contribution < -0.4 is 16.2 Å². The van der Waals surface area contributed by atoms with E-state index in [1.165, 1.54) is 6.08 Å². The van der Waals surface area contributed by atoms with Crippen LogP contribution in [0.2, 0.25) is 0 Å². The molecule has 36 heavy (non-hydrogen) atoms. The predicted molar refractivity (Wildman–Crippen MR) is 137 cm³/mol. The van der Waals surface area contributed by atoms with E-state index in [9.17, 15) is 14.5 Å². The number of carbonyl (C=O) groups excluding carboxylic acids is 1. The minimum absolute atomic E-state index is 0.148. The number of ether oxygens (including phenoxy) is 1. The molecule has 1 unspecified atom stereocenters. The Morgan fingerprint density at radius 1 is 1.11 bits per heavy atom. The van der Waals surface area contributed by atoms with Crippen molar-refractivity contribution in [3.8, 4) is 17.2 Å². The Kier molecular flexibility index (Phi) is 6.07. The number of nitrogen functional groups attached to an aromatic ring is 1. The van der Waals surface area contributed by atoms with Crippen LogP contribution in [0.15, 0.2) is 83.4 Å². The Labute approximate surface area is 206 Å². The number of piperidine rings is 1. The predicted octanol–water partition coefficient (Wildman–Crippen LogP) is 4.31. The Balaban J connectivity index is 1.52. The molecule has 2 aromatic heterocycles. The first-order valence-corrected chi connectivity index (χ1v) is 11.5. The number of rotatable bonds is 6. The van der Waals surface area contributed by atoms with Crippen LogP contribution in [0.1, 0.15) is 18.9 Å². The van der Waals surface area contributed by atoms with Crippen molar-refractivity contribution in [2.45, 2.75) is 18.9 Å². The molecule has 0 aliphatic carbocycles. The molecule has 0 bridgehead atoms. The largest absolute Gasteiger partial charge is 0.457 e. The van der Waals surface area contributed by atoms with Crippen LogP contribution >= 0.6 is 0 Å². The molecule has 0 saturated carbocycles. The zero-order valence-corrected chi connectivity index (χ0v) is 19.4. The summed E-state index contributed by atoms with van der Waals surface area (Å²) in [5, 5.41) is 2.88. The second-order valence-corrected chi connectivity index (χ2v) is 8.52. The average Bonchev–Trinajstić information content (AvgIpc) is 3.22. The molecule has 0 radical (unpaired) electrons. The highest BCUT2D eigenvalue weighted by Crippen LogP contribution is 2.30. The third-order valence-electron chi connectivity index (χ3n) is 6.33. The third-order valence-corrected chi connectivity index (χ3v) is 6.33. The summed E-state index contributed by atoms with van der Waals surface area (Å²) in [4.78, 5) is 42.5. The van der Waals surface area contributed by atoms with E-state index < -0.39 is 0 Å². The van der Waals surface area contributed by atoms with Crippen molar-refractivity contribution in [3.63, 3.8) is 0 Å². The Morgan fingerprint density at radius 2 is 1.81 bits per heavy atom. The van der Waals surface area contributed by atoms with Crippen LogP contribution in [0.5, 0.6) is 11.5 Å². The van der Waals surface area contributed by atoms with Crippen molar-refractivity contribution in [3.05, 3.63) is 88.8 Å². The molecule has 1 atom stereocenters. The van der Waals surface area contributed by atoms with Crippen molar-refractivity contribution in [1.82, 2.24) is 19.0 Å². The van der Waals surface area contributed by atoms with Gasteiger partial charge in [0.1, 0.15) is 28.5 Å². The molecule has 10 nitrogen and oxygen atoms in total. The van der Waals surface area contributed by atoms with Crippen molar-refractivity contribution in [2.24, 2.45) is 5.18 Å². The van der Waals surface area contributed by atoms with E-state index in [-0.39, 0.29) is 23.5 Å². The van der Waals surface area contributed by atoms with Gasteiger partial charge in [-0.25, -0.2) is 9.78 Å². The van der Waals surface area contributed by atoms with Crippen LogP contribution in [-0.2, 0) is 4.79 Å². The van der Waals surface area contributed by atoms with Crippen LogP contribution in [0, 0.1) is 4.91 Å². The fourth-order valence-corrected chi connectivity index (χ4v) is 4.65. The average molecular weight is 485 g/mol. The third kappa shape index (κ3) is 4.13. The highest BCUT2D eigenvalue weighted by Gasteiger charge is 2.28. The molecule has 1 fully saturated rings. The van der Waals surface area contributed by atoms with Gasteiger partial charge in [0.15, 0.2) is 0 Å². The number of anilines is 1. The van der Waals surface area contributed by atoms with E-state index in [4.69, 9.17) is 10.5 Å². The number of hydrogen-bond acceptors (Lipinski definition) is 7. The zero-order valence-electron chi connectivity index (χ0n) is 19.4. The first kappa shape index (κ1) is 23.0. The van der Waals surface area contributed by atoms with E-state index in [0.717, 1.165) is 12.8 Å². The number of hydrogen-bond donors (Lipinski definition) is 1.